The van der Waals surface area contributed by atoms with Crippen LogP contribution in [0.1, 0.15) is 18.5 Å². The first kappa shape index (κ1) is 12.3. The van der Waals surface area contributed by atoms with Gasteiger partial charge in [0.1, 0.15) is 0 Å². The van der Waals surface area contributed by atoms with Gasteiger partial charge < -0.3 is 14.8 Å². The van der Waals surface area contributed by atoms with Crippen molar-refractivity contribution in [3.8, 4) is 11.5 Å². The summed E-state index contributed by atoms with van der Waals surface area (Å²) in [5.41, 5.74) is 1.15. The van der Waals surface area contributed by atoms with Gasteiger partial charge in [0.05, 0.1) is 14.2 Å². The molecule has 0 aromatic heterocycles. The van der Waals surface area contributed by atoms with Crippen molar-refractivity contribution in [3.05, 3.63) is 22.2 Å². The van der Waals surface area contributed by atoms with Gasteiger partial charge in [-0.1, -0.05) is 15.9 Å². The smallest absolute Gasteiger partial charge is 0.161 e. The molecule has 0 radical (unpaired) electrons. The number of methoxy groups -OCH3 is 2. The van der Waals surface area contributed by atoms with Crippen LogP contribution in [0.3, 0.4) is 0 Å². The second-order valence-electron chi connectivity index (χ2n) is 3.24. The largest absolute Gasteiger partial charge is 0.493 e. The summed E-state index contributed by atoms with van der Waals surface area (Å²) in [6.45, 7) is 2.09. The quantitative estimate of drug-likeness (QED) is 0.915. The standard InChI is InChI=1S/C11H16BrNO2/c1-7(13-2)8-5-10(14-3)11(15-4)6-9(8)12/h5-7,13H,1-4H3. The minimum Gasteiger partial charge on any atom is -0.493 e. The molecule has 4 heteroatoms. The maximum atomic E-state index is 5.25. The highest BCUT2D eigenvalue weighted by atomic mass is 79.9. The molecule has 1 atom stereocenters. The average Bonchev–Trinajstić information content (AvgIpc) is 2.27. The first-order valence-electron chi connectivity index (χ1n) is 4.72. The molecule has 0 fully saturated rings. The number of halogens is 1. The Hall–Kier alpha value is -0.740. The second kappa shape index (κ2) is 5.37. The Kier molecular flexibility index (Phi) is 4.42. The number of rotatable bonds is 4. The summed E-state index contributed by atoms with van der Waals surface area (Å²) < 4.78 is 11.5. The van der Waals surface area contributed by atoms with Crippen LogP contribution in [-0.2, 0) is 0 Å². The lowest BCUT2D eigenvalue weighted by Crippen LogP contribution is -2.13. The molecule has 0 saturated carbocycles. The zero-order chi connectivity index (χ0) is 11.4. The molecule has 0 spiro atoms. The summed E-state index contributed by atoms with van der Waals surface area (Å²) in [6, 6.07) is 4.16. The highest BCUT2D eigenvalue weighted by Crippen LogP contribution is 2.35. The highest BCUT2D eigenvalue weighted by Gasteiger charge is 2.13. The van der Waals surface area contributed by atoms with Gasteiger partial charge in [0.2, 0.25) is 0 Å². The van der Waals surface area contributed by atoms with Crippen molar-refractivity contribution >= 4 is 15.9 Å². The van der Waals surface area contributed by atoms with E-state index in [1.54, 1.807) is 14.2 Å². The fraction of sp³-hybridized carbons (Fsp3) is 0.455. The van der Waals surface area contributed by atoms with Gasteiger partial charge in [-0.3, -0.25) is 0 Å². The lowest BCUT2D eigenvalue weighted by Gasteiger charge is -2.16. The van der Waals surface area contributed by atoms with E-state index in [-0.39, 0.29) is 6.04 Å². The van der Waals surface area contributed by atoms with Crippen LogP contribution in [0, 0.1) is 0 Å². The SMILES string of the molecule is CNC(C)c1cc(OC)c(OC)cc1Br. The first-order valence-corrected chi connectivity index (χ1v) is 5.52. The van der Waals surface area contributed by atoms with Gasteiger partial charge >= 0.3 is 0 Å². The molecule has 0 bridgehead atoms. The van der Waals surface area contributed by atoms with E-state index in [2.05, 4.69) is 28.2 Å². The van der Waals surface area contributed by atoms with Gasteiger partial charge in [-0.15, -0.1) is 0 Å². The molecule has 0 aliphatic heterocycles. The molecule has 0 saturated heterocycles. The number of hydrogen-bond donors (Lipinski definition) is 1. The number of benzene rings is 1. The molecule has 0 aliphatic carbocycles. The molecule has 15 heavy (non-hydrogen) atoms. The van der Waals surface area contributed by atoms with Gasteiger partial charge in [-0.2, -0.15) is 0 Å². The van der Waals surface area contributed by atoms with Crippen molar-refractivity contribution in [2.24, 2.45) is 0 Å². The second-order valence-corrected chi connectivity index (χ2v) is 4.09. The molecule has 1 aromatic rings. The zero-order valence-corrected chi connectivity index (χ0v) is 11.0. The zero-order valence-electron chi connectivity index (χ0n) is 9.43. The molecule has 84 valence electrons. The Bertz CT molecular complexity index is 342. The Balaban J connectivity index is 3.19. The van der Waals surface area contributed by atoms with Crippen LogP contribution in [0.5, 0.6) is 11.5 Å². The average molecular weight is 274 g/mol. The monoisotopic (exact) mass is 273 g/mol. The van der Waals surface area contributed by atoms with Crippen LogP contribution in [0.4, 0.5) is 0 Å². The molecular formula is C11H16BrNO2. The normalized spacial score (nSPS) is 12.3. The molecule has 1 unspecified atom stereocenters. The minimum absolute atomic E-state index is 0.263. The first-order chi connectivity index (χ1) is 7.13. The van der Waals surface area contributed by atoms with Crippen molar-refractivity contribution in [1.82, 2.24) is 5.32 Å². The van der Waals surface area contributed by atoms with E-state index in [1.807, 2.05) is 19.2 Å². The molecule has 3 nitrogen and oxygen atoms in total. The molecule has 0 aliphatic rings. The minimum atomic E-state index is 0.263. The van der Waals surface area contributed by atoms with Gasteiger partial charge in [0, 0.05) is 10.5 Å². The molecule has 0 heterocycles. The van der Waals surface area contributed by atoms with Gasteiger partial charge in [0.15, 0.2) is 11.5 Å². The van der Waals surface area contributed by atoms with Gasteiger partial charge in [0.25, 0.3) is 0 Å². The molecule has 1 N–H and O–H groups in total. The third-order valence-corrected chi connectivity index (χ3v) is 3.09. The third kappa shape index (κ3) is 2.63. The van der Waals surface area contributed by atoms with Gasteiger partial charge in [-0.05, 0) is 31.7 Å². The number of hydrogen-bond acceptors (Lipinski definition) is 3. The number of nitrogens with one attached hydrogen (secondary N) is 1. The summed E-state index contributed by atoms with van der Waals surface area (Å²) in [7, 11) is 5.19. The van der Waals surface area contributed by atoms with E-state index < -0.39 is 0 Å². The van der Waals surface area contributed by atoms with Crippen LogP contribution >= 0.6 is 15.9 Å². The Labute approximate surface area is 98.9 Å². The predicted octanol–water partition coefficient (Wildman–Crippen LogP) is 2.75. The summed E-state index contributed by atoms with van der Waals surface area (Å²) in [4.78, 5) is 0. The van der Waals surface area contributed by atoms with Crippen molar-refractivity contribution in [3.63, 3.8) is 0 Å². The van der Waals surface area contributed by atoms with E-state index >= 15 is 0 Å². The predicted molar refractivity (Wildman–Crippen MR) is 64.7 cm³/mol. The molecular weight excluding hydrogens is 258 g/mol. The van der Waals surface area contributed by atoms with Crippen LogP contribution in [0.15, 0.2) is 16.6 Å². The van der Waals surface area contributed by atoms with Crippen LogP contribution < -0.4 is 14.8 Å². The summed E-state index contributed by atoms with van der Waals surface area (Å²) in [6.07, 6.45) is 0. The lowest BCUT2D eigenvalue weighted by atomic mass is 10.1. The summed E-state index contributed by atoms with van der Waals surface area (Å²) >= 11 is 3.52. The summed E-state index contributed by atoms with van der Waals surface area (Å²) in [5, 5.41) is 3.18. The Morgan fingerprint density at radius 2 is 1.73 bits per heavy atom. The molecule has 1 rings (SSSR count). The van der Waals surface area contributed by atoms with Crippen molar-refractivity contribution in [2.75, 3.05) is 21.3 Å². The van der Waals surface area contributed by atoms with E-state index in [0.29, 0.717) is 0 Å². The van der Waals surface area contributed by atoms with E-state index in [4.69, 9.17) is 9.47 Å². The third-order valence-electron chi connectivity index (χ3n) is 2.40. The fourth-order valence-electron chi connectivity index (χ4n) is 1.36. The summed E-state index contributed by atoms with van der Waals surface area (Å²) in [5.74, 6) is 1.48. The maximum absolute atomic E-state index is 5.25. The maximum Gasteiger partial charge on any atom is 0.161 e. The van der Waals surface area contributed by atoms with E-state index in [1.165, 1.54) is 0 Å². The van der Waals surface area contributed by atoms with E-state index in [9.17, 15) is 0 Å². The van der Waals surface area contributed by atoms with E-state index in [0.717, 1.165) is 21.5 Å². The molecule has 0 amide bonds. The Morgan fingerprint density at radius 1 is 1.20 bits per heavy atom. The highest BCUT2D eigenvalue weighted by molar-refractivity contribution is 9.10. The Morgan fingerprint density at radius 3 is 2.20 bits per heavy atom. The molecule has 1 aromatic carbocycles. The van der Waals surface area contributed by atoms with Crippen molar-refractivity contribution < 1.29 is 9.47 Å². The lowest BCUT2D eigenvalue weighted by molar-refractivity contribution is 0.353. The fourth-order valence-corrected chi connectivity index (χ4v) is 2.02. The van der Waals surface area contributed by atoms with Crippen LogP contribution in [0.2, 0.25) is 0 Å². The van der Waals surface area contributed by atoms with Crippen LogP contribution in [-0.4, -0.2) is 21.3 Å². The topological polar surface area (TPSA) is 30.5 Å². The van der Waals surface area contributed by atoms with Gasteiger partial charge in [-0.25, -0.2) is 0 Å². The van der Waals surface area contributed by atoms with Crippen molar-refractivity contribution in [2.45, 2.75) is 13.0 Å². The van der Waals surface area contributed by atoms with Crippen LogP contribution in [0.25, 0.3) is 0 Å². The van der Waals surface area contributed by atoms with Crippen molar-refractivity contribution in [1.29, 1.82) is 0 Å². The number of ether oxygens (including phenoxy) is 2.